The molecule has 1 aliphatic carbocycles. The van der Waals surface area contributed by atoms with Gasteiger partial charge in [0.1, 0.15) is 5.82 Å². The number of aromatic nitrogens is 2. The highest BCUT2D eigenvalue weighted by Gasteiger charge is 2.24. The van der Waals surface area contributed by atoms with Crippen LogP contribution in [-0.4, -0.2) is 9.78 Å². The summed E-state index contributed by atoms with van der Waals surface area (Å²) in [5.74, 6) is 1.28. The fourth-order valence-electron chi connectivity index (χ4n) is 3.31. The molecule has 2 aromatic rings. The number of hydrogen-bond donors (Lipinski definition) is 1. The maximum Gasteiger partial charge on any atom is 0.129 e. The molecule has 1 aliphatic rings. The number of aryl methyl sites for hydroxylation is 1. The molecule has 0 amide bonds. The van der Waals surface area contributed by atoms with Crippen LogP contribution in [0.1, 0.15) is 50.1 Å². The Bertz CT molecular complexity index is 608. The minimum atomic E-state index is 0.529. The molecule has 1 aromatic heterocycles. The van der Waals surface area contributed by atoms with E-state index in [4.69, 9.17) is 22.4 Å². The summed E-state index contributed by atoms with van der Waals surface area (Å²) in [4.78, 5) is 0. The van der Waals surface area contributed by atoms with Gasteiger partial charge < -0.3 is 5.73 Å². The average molecular weight is 304 g/mol. The van der Waals surface area contributed by atoms with E-state index in [0.717, 1.165) is 22.0 Å². The molecule has 112 valence electrons. The van der Waals surface area contributed by atoms with Crippen LogP contribution in [-0.2, 0) is 7.05 Å². The normalized spacial score (nSPS) is 16.9. The van der Waals surface area contributed by atoms with Crippen LogP contribution in [0.2, 0.25) is 5.02 Å². The Morgan fingerprint density at radius 2 is 1.71 bits per heavy atom. The molecule has 0 atom stereocenters. The first-order valence-corrected chi connectivity index (χ1v) is 8.13. The van der Waals surface area contributed by atoms with Crippen LogP contribution < -0.4 is 5.73 Å². The van der Waals surface area contributed by atoms with Crippen molar-refractivity contribution >= 4 is 17.4 Å². The number of nitrogens with two attached hydrogens (primary N) is 1. The Kier molecular flexibility index (Phi) is 4.20. The largest absolute Gasteiger partial charge is 0.383 e. The molecule has 0 spiro atoms. The molecule has 0 bridgehead atoms. The van der Waals surface area contributed by atoms with Gasteiger partial charge in [0.25, 0.3) is 0 Å². The second kappa shape index (κ2) is 6.10. The molecule has 2 N–H and O–H groups in total. The molecule has 21 heavy (non-hydrogen) atoms. The van der Waals surface area contributed by atoms with Gasteiger partial charge in [-0.15, -0.1) is 0 Å². The summed E-state index contributed by atoms with van der Waals surface area (Å²) in [6, 6.07) is 7.91. The predicted molar refractivity (Wildman–Crippen MR) is 88.5 cm³/mol. The summed E-state index contributed by atoms with van der Waals surface area (Å²) in [5, 5.41) is 5.48. The summed E-state index contributed by atoms with van der Waals surface area (Å²) in [5.41, 5.74) is 9.67. The van der Waals surface area contributed by atoms with E-state index in [0.29, 0.717) is 5.92 Å². The van der Waals surface area contributed by atoms with Crippen LogP contribution in [0.25, 0.3) is 11.1 Å². The third kappa shape index (κ3) is 2.93. The minimum Gasteiger partial charge on any atom is -0.383 e. The fraction of sp³-hybridized carbons (Fsp3) is 0.471. The Balaban J connectivity index is 2.04. The molecular weight excluding hydrogens is 282 g/mol. The molecule has 3 nitrogen and oxygen atoms in total. The Morgan fingerprint density at radius 1 is 1.10 bits per heavy atom. The standard InChI is InChI=1S/C17H22ClN3/c1-21-17(19)15(12-8-10-14(18)11-9-12)16(20-21)13-6-4-2-3-5-7-13/h8-11,13H,2-7,19H2,1H3. The highest BCUT2D eigenvalue weighted by molar-refractivity contribution is 6.30. The van der Waals surface area contributed by atoms with E-state index in [1.165, 1.54) is 44.2 Å². The quantitative estimate of drug-likeness (QED) is 0.813. The van der Waals surface area contributed by atoms with Gasteiger partial charge in [-0.3, -0.25) is 4.68 Å². The Labute approximate surface area is 131 Å². The maximum absolute atomic E-state index is 6.29. The molecule has 1 heterocycles. The summed E-state index contributed by atoms with van der Waals surface area (Å²) in [6.07, 6.45) is 7.71. The van der Waals surface area contributed by atoms with Crippen molar-refractivity contribution in [3.63, 3.8) is 0 Å². The van der Waals surface area contributed by atoms with Gasteiger partial charge in [0, 0.05) is 23.6 Å². The van der Waals surface area contributed by atoms with Crippen molar-refractivity contribution in [2.75, 3.05) is 5.73 Å². The number of nitrogen functional groups attached to an aromatic ring is 1. The van der Waals surface area contributed by atoms with Crippen molar-refractivity contribution in [2.45, 2.75) is 44.4 Å². The molecule has 1 aromatic carbocycles. The molecule has 1 saturated carbocycles. The summed E-state index contributed by atoms with van der Waals surface area (Å²) in [6.45, 7) is 0. The topological polar surface area (TPSA) is 43.8 Å². The average Bonchev–Trinajstić information content (AvgIpc) is 2.70. The number of anilines is 1. The van der Waals surface area contributed by atoms with E-state index in [1.807, 2.05) is 36.0 Å². The lowest BCUT2D eigenvalue weighted by Crippen LogP contribution is -2.01. The molecule has 0 radical (unpaired) electrons. The van der Waals surface area contributed by atoms with Gasteiger partial charge in [0.2, 0.25) is 0 Å². The minimum absolute atomic E-state index is 0.529. The number of benzene rings is 1. The fourth-order valence-corrected chi connectivity index (χ4v) is 3.44. The highest BCUT2D eigenvalue weighted by atomic mass is 35.5. The number of rotatable bonds is 2. The number of nitrogens with zero attached hydrogens (tertiary/aromatic N) is 2. The molecular formula is C17H22ClN3. The van der Waals surface area contributed by atoms with Gasteiger partial charge in [-0.1, -0.05) is 49.4 Å². The molecule has 3 rings (SSSR count). The lowest BCUT2D eigenvalue weighted by Gasteiger charge is -2.14. The zero-order chi connectivity index (χ0) is 14.8. The van der Waals surface area contributed by atoms with Crippen molar-refractivity contribution in [2.24, 2.45) is 7.05 Å². The van der Waals surface area contributed by atoms with Gasteiger partial charge in [0.15, 0.2) is 0 Å². The van der Waals surface area contributed by atoms with Crippen LogP contribution in [0.3, 0.4) is 0 Å². The SMILES string of the molecule is Cn1nc(C2CCCCCC2)c(-c2ccc(Cl)cc2)c1N. The summed E-state index contributed by atoms with van der Waals surface area (Å²) < 4.78 is 1.81. The van der Waals surface area contributed by atoms with Crippen molar-refractivity contribution in [1.29, 1.82) is 0 Å². The number of hydrogen-bond acceptors (Lipinski definition) is 2. The third-order valence-corrected chi connectivity index (χ3v) is 4.75. The summed E-state index contributed by atoms with van der Waals surface area (Å²) >= 11 is 6.00. The molecule has 4 heteroatoms. The van der Waals surface area contributed by atoms with Crippen LogP contribution in [0.15, 0.2) is 24.3 Å². The Hall–Kier alpha value is -1.48. The predicted octanol–water partition coefficient (Wildman–Crippen LogP) is 4.76. The van der Waals surface area contributed by atoms with Crippen LogP contribution in [0.5, 0.6) is 0 Å². The van der Waals surface area contributed by atoms with Crippen LogP contribution >= 0.6 is 11.6 Å². The van der Waals surface area contributed by atoms with Gasteiger partial charge >= 0.3 is 0 Å². The van der Waals surface area contributed by atoms with Crippen LogP contribution in [0, 0.1) is 0 Å². The van der Waals surface area contributed by atoms with Crippen molar-refractivity contribution in [1.82, 2.24) is 9.78 Å². The lowest BCUT2D eigenvalue weighted by molar-refractivity contribution is 0.567. The number of halogens is 1. The van der Waals surface area contributed by atoms with E-state index in [2.05, 4.69) is 0 Å². The third-order valence-electron chi connectivity index (χ3n) is 4.49. The first-order valence-electron chi connectivity index (χ1n) is 7.75. The summed E-state index contributed by atoms with van der Waals surface area (Å²) in [7, 11) is 1.93. The molecule has 1 fully saturated rings. The van der Waals surface area contributed by atoms with Crippen molar-refractivity contribution < 1.29 is 0 Å². The second-order valence-electron chi connectivity index (χ2n) is 5.96. The smallest absolute Gasteiger partial charge is 0.129 e. The van der Waals surface area contributed by atoms with Crippen molar-refractivity contribution in [3.05, 3.63) is 35.0 Å². The van der Waals surface area contributed by atoms with E-state index in [-0.39, 0.29) is 0 Å². The highest BCUT2D eigenvalue weighted by Crippen LogP contribution is 2.39. The van der Waals surface area contributed by atoms with Crippen molar-refractivity contribution in [3.8, 4) is 11.1 Å². The molecule has 0 unspecified atom stereocenters. The lowest BCUT2D eigenvalue weighted by atomic mass is 9.91. The first-order chi connectivity index (χ1) is 10.2. The first kappa shape index (κ1) is 14.5. The van der Waals surface area contributed by atoms with E-state index in [1.54, 1.807) is 0 Å². The van der Waals surface area contributed by atoms with E-state index in [9.17, 15) is 0 Å². The van der Waals surface area contributed by atoms with Crippen LogP contribution in [0.4, 0.5) is 5.82 Å². The molecule has 0 aliphatic heterocycles. The Morgan fingerprint density at radius 3 is 2.33 bits per heavy atom. The van der Waals surface area contributed by atoms with Gasteiger partial charge in [-0.05, 0) is 30.5 Å². The van der Waals surface area contributed by atoms with Gasteiger partial charge in [0.05, 0.1) is 5.69 Å². The second-order valence-corrected chi connectivity index (χ2v) is 6.40. The monoisotopic (exact) mass is 303 g/mol. The zero-order valence-corrected chi connectivity index (χ0v) is 13.2. The van der Waals surface area contributed by atoms with Gasteiger partial charge in [-0.2, -0.15) is 5.10 Å². The maximum atomic E-state index is 6.29. The molecule has 0 saturated heterocycles. The zero-order valence-electron chi connectivity index (χ0n) is 12.5. The van der Waals surface area contributed by atoms with E-state index >= 15 is 0 Å². The van der Waals surface area contributed by atoms with E-state index < -0.39 is 0 Å². The van der Waals surface area contributed by atoms with Gasteiger partial charge in [-0.25, -0.2) is 0 Å².